The van der Waals surface area contributed by atoms with Gasteiger partial charge in [0.2, 0.25) is 0 Å². The number of amides is 3. The van der Waals surface area contributed by atoms with Crippen LogP contribution in [0.1, 0.15) is 0 Å². The summed E-state index contributed by atoms with van der Waals surface area (Å²) >= 11 is 24.9. The van der Waals surface area contributed by atoms with Crippen molar-refractivity contribution in [1.29, 1.82) is 0 Å². The van der Waals surface area contributed by atoms with Crippen molar-refractivity contribution in [3.63, 3.8) is 0 Å². The molecule has 16 heteroatoms. The monoisotopic (exact) mass is 503 g/mol. The Morgan fingerprint density at radius 3 is 0.773 bits per heavy atom. The Balaban J connectivity index is -0.000000108. The van der Waals surface area contributed by atoms with Crippen LogP contribution in [0.2, 0.25) is 0 Å². The second kappa shape index (κ2) is 18.5. The van der Waals surface area contributed by atoms with Crippen molar-refractivity contribution in [2.45, 2.75) is 0 Å². The van der Waals surface area contributed by atoms with Gasteiger partial charge in [0, 0.05) is 0 Å². The first-order chi connectivity index (χ1) is 9.38. The molecule has 0 saturated heterocycles. The fourth-order valence-corrected chi connectivity index (χ4v) is 0.750. The molecule has 3 N–H and O–H groups in total. The van der Waals surface area contributed by atoms with Crippen LogP contribution in [0.3, 0.4) is 0 Å². The van der Waals surface area contributed by atoms with Crippen LogP contribution in [-0.2, 0) is 59.0 Å². The molecule has 0 aromatic carbocycles. The maximum absolute atomic E-state index is 9.43. The van der Waals surface area contributed by atoms with Crippen LogP contribution in [-0.4, -0.2) is 31.2 Å². The van der Waals surface area contributed by atoms with Gasteiger partial charge in [-0.25, -0.2) is 0 Å². The fraction of sp³-hybridized carbons (Fsp3) is 0. The van der Waals surface area contributed by atoms with Crippen molar-refractivity contribution in [1.82, 2.24) is 16.0 Å². The molecule has 0 aromatic rings. The van der Waals surface area contributed by atoms with Crippen LogP contribution >= 0.6 is 36.7 Å². The molecule has 0 radical (unpaired) electrons. The van der Waals surface area contributed by atoms with Crippen LogP contribution in [0.4, 0.5) is 14.4 Å². The van der Waals surface area contributed by atoms with E-state index in [0.717, 1.165) is 0 Å². The van der Waals surface area contributed by atoms with Crippen molar-refractivity contribution in [2.24, 2.45) is 0 Å². The Labute approximate surface area is 171 Å². The van der Waals surface area contributed by atoms with Gasteiger partial charge in [-0.15, -0.1) is 0 Å². The van der Waals surface area contributed by atoms with Crippen molar-refractivity contribution >= 4 is 106 Å². The van der Waals surface area contributed by atoms with Gasteiger partial charge in [-0.1, -0.05) is 13.0 Å². The van der Waals surface area contributed by atoms with Gasteiger partial charge in [-0.05, 0) is 0 Å². The molecule has 0 aliphatic heterocycles. The minimum atomic E-state index is -1.46. The smallest absolute Gasteiger partial charge is 0.530 e. The molecule has 0 heterocycles. The molecule has 0 aliphatic rings. The normalized spacial score (nSPS) is 7.09. The van der Waals surface area contributed by atoms with Gasteiger partial charge in [-0.2, -0.15) is 0 Å². The summed E-state index contributed by atoms with van der Waals surface area (Å²) in [7, 11) is 0. The standard InChI is InChI=1S/3C2H3NO2S2.Mo/c3*4-1(5)3-2(6)7;/h3*(H,4,5)(H2,3,6,7);/q;;;+6/p-6. The predicted octanol–water partition coefficient (Wildman–Crippen LogP) is -3.75. The van der Waals surface area contributed by atoms with E-state index in [0.29, 0.717) is 0 Å². The maximum Gasteiger partial charge on any atom is 6.00 e. The molecule has 0 atom stereocenters. The van der Waals surface area contributed by atoms with Gasteiger partial charge < -0.3 is 120 Å². The van der Waals surface area contributed by atoms with E-state index in [9.17, 15) is 29.7 Å². The Bertz CT molecular complexity index is 337. The molecule has 0 unspecified atom stereocenters. The number of carbonyl (C=O) groups excluding carboxylic acids is 3. The summed E-state index contributed by atoms with van der Waals surface area (Å²) in [6.07, 6.45) is -4.38. The maximum atomic E-state index is 9.43. The molecular weight excluding hydrogens is 498 g/mol. The summed E-state index contributed by atoms with van der Waals surface area (Å²) in [5.74, 6) is 0. The van der Waals surface area contributed by atoms with Crippen LogP contribution in [0.5, 0.6) is 0 Å². The number of hydrogen-bond donors (Lipinski definition) is 3. The van der Waals surface area contributed by atoms with Gasteiger partial charge in [0.15, 0.2) is 0 Å². The largest absolute Gasteiger partial charge is 6.00 e. The molecule has 0 aromatic heterocycles. The van der Waals surface area contributed by atoms with Crippen LogP contribution in [0.25, 0.3) is 0 Å². The van der Waals surface area contributed by atoms with E-state index < -0.39 is 18.3 Å². The summed E-state index contributed by atoms with van der Waals surface area (Å²) < 4.78 is -0.625. The minimum Gasteiger partial charge on any atom is -0.530 e. The van der Waals surface area contributed by atoms with E-state index in [-0.39, 0.29) is 34.0 Å². The van der Waals surface area contributed by atoms with Gasteiger partial charge in [-0.3, -0.25) is 0 Å². The molecule has 9 nitrogen and oxygen atoms in total. The number of carboxylic acid groups (broad SMARTS) is 3. The van der Waals surface area contributed by atoms with Crippen LogP contribution in [0, 0.1) is 0 Å². The van der Waals surface area contributed by atoms with E-state index in [1.807, 2.05) is 0 Å². The first kappa shape index (κ1) is 29.4. The first-order valence-electron chi connectivity index (χ1n) is 3.95. The Hall–Kier alpha value is -0.572. The van der Waals surface area contributed by atoms with Crippen LogP contribution in [0.15, 0.2) is 0 Å². The first-order valence-corrected chi connectivity index (χ1v) is 6.40. The second-order valence-electron chi connectivity index (χ2n) is 2.10. The Kier molecular flexibility index (Phi) is 24.7. The molecular formula is C6H3MoN3O6S6. The van der Waals surface area contributed by atoms with Crippen molar-refractivity contribution in [2.75, 3.05) is 0 Å². The quantitative estimate of drug-likeness (QED) is 0.170. The van der Waals surface area contributed by atoms with Crippen molar-refractivity contribution < 1.29 is 50.8 Å². The molecule has 120 valence electrons. The van der Waals surface area contributed by atoms with E-state index in [1.165, 1.54) is 0 Å². The molecule has 0 bridgehead atoms. The van der Waals surface area contributed by atoms with Gasteiger partial charge in [0.05, 0.1) is 0 Å². The molecule has 22 heavy (non-hydrogen) atoms. The molecule has 0 rings (SSSR count). The van der Waals surface area contributed by atoms with Gasteiger partial charge in [0.25, 0.3) is 0 Å². The summed E-state index contributed by atoms with van der Waals surface area (Å²) in [5, 5.41) is 33.3. The molecule has 0 spiro atoms. The number of rotatable bonds is 0. The van der Waals surface area contributed by atoms with Crippen molar-refractivity contribution in [3.05, 3.63) is 0 Å². The third-order valence-electron chi connectivity index (χ3n) is 0.612. The molecule has 0 saturated carbocycles. The Morgan fingerprint density at radius 2 is 0.773 bits per heavy atom. The second-order valence-corrected chi connectivity index (χ2v) is 5.32. The zero-order valence-electron chi connectivity index (χ0n) is 9.81. The number of thiocarbonyl (C=S) groups is 3. The third kappa shape index (κ3) is 50.5. The molecule has 0 fully saturated rings. The topological polar surface area (TPSA) is 156 Å². The third-order valence-corrected chi connectivity index (χ3v) is 1.22. The average Bonchev–Trinajstić information content (AvgIpc) is 2.10. The van der Waals surface area contributed by atoms with Gasteiger partial charge >= 0.3 is 21.1 Å². The SMILES string of the molecule is O=C([O-])NC(=S)[S-].O=C([O-])NC(=S)[S-].O=C([O-])NC(=S)[S-].[Mo+6]. The molecule has 3 amide bonds. The predicted molar refractivity (Wildman–Crippen MR) is 85.5 cm³/mol. The summed E-state index contributed by atoms with van der Waals surface area (Å²) in [6, 6.07) is 0. The zero-order valence-corrected chi connectivity index (χ0v) is 16.7. The van der Waals surface area contributed by atoms with E-state index in [1.54, 1.807) is 16.0 Å². The van der Waals surface area contributed by atoms with E-state index in [2.05, 4.69) is 74.5 Å². The minimum absolute atomic E-state index is 0. The zero-order chi connectivity index (χ0) is 17.6. The summed E-state index contributed by atoms with van der Waals surface area (Å²) in [6.45, 7) is 0. The number of hydrogen-bond acceptors (Lipinski definition) is 12. The summed E-state index contributed by atoms with van der Waals surface area (Å²) in [5.41, 5.74) is 0. The Morgan fingerprint density at radius 1 is 0.636 bits per heavy atom. The average molecular weight is 501 g/mol. The van der Waals surface area contributed by atoms with Crippen molar-refractivity contribution in [3.8, 4) is 0 Å². The van der Waals surface area contributed by atoms with Gasteiger partial charge in [0.1, 0.15) is 18.3 Å². The van der Waals surface area contributed by atoms with Crippen LogP contribution < -0.4 is 31.3 Å². The molecule has 0 aliphatic carbocycles. The summed E-state index contributed by atoms with van der Waals surface area (Å²) in [4.78, 5) is 28.3. The van der Waals surface area contributed by atoms with E-state index in [4.69, 9.17) is 0 Å². The number of carbonyl (C=O) groups is 3. The number of nitrogens with one attached hydrogen (secondary N) is 3. The fourth-order valence-electron chi connectivity index (χ4n) is 0.250. The van der Waals surface area contributed by atoms with E-state index >= 15 is 0 Å².